The van der Waals surface area contributed by atoms with Crippen LogP contribution in [0.4, 0.5) is 0 Å². The van der Waals surface area contributed by atoms with Gasteiger partial charge in [0.25, 0.3) is 5.91 Å². The molecular weight excluding hydrogens is 278 g/mol. The molecule has 0 aliphatic carbocycles. The Morgan fingerprint density at radius 3 is 2.68 bits per heavy atom. The number of hydrogen-bond acceptors (Lipinski definition) is 4. The zero-order valence-corrected chi connectivity index (χ0v) is 13.2. The zero-order chi connectivity index (χ0) is 14.0. The number of amides is 1. The standard InChI is InChI=1S/C13H19N3OS2/c1-4-15-8-9-19-11(15)7-6-10-12(17)14(3)13(18)16(10)5-2/h6-7H,4-5,8-9H2,1-3H3/b10-6+,11-7-. The predicted molar refractivity (Wildman–Crippen MR) is 83.6 cm³/mol. The predicted octanol–water partition coefficient (Wildman–Crippen LogP) is 1.86. The largest absolute Gasteiger partial charge is 0.366 e. The highest BCUT2D eigenvalue weighted by Gasteiger charge is 2.34. The average molecular weight is 297 g/mol. The highest BCUT2D eigenvalue weighted by Crippen LogP contribution is 2.28. The van der Waals surface area contributed by atoms with Crippen LogP contribution in [0.3, 0.4) is 0 Å². The van der Waals surface area contributed by atoms with Gasteiger partial charge in [-0.2, -0.15) is 0 Å². The summed E-state index contributed by atoms with van der Waals surface area (Å²) in [5.74, 6) is 1.10. The molecule has 0 aromatic rings. The lowest BCUT2D eigenvalue weighted by molar-refractivity contribution is -0.121. The molecule has 0 bridgehead atoms. The Morgan fingerprint density at radius 2 is 2.05 bits per heavy atom. The number of allylic oxidation sites excluding steroid dienone is 2. The van der Waals surface area contributed by atoms with E-state index in [-0.39, 0.29) is 5.91 Å². The fourth-order valence-electron chi connectivity index (χ4n) is 2.20. The normalized spacial score (nSPS) is 24.5. The summed E-state index contributed by atoms with van der Waals surface area (Å²) in [6, 6.07) is 0. The maximum atomic E-state index is 12.1. The molecular formula is C13H19N3OS2. The van der Waals surface area contributed by atoms with Crippen LogP contribution in [0.2, 0.25) is 0 Å². The number of thiocarbonyl (C=S) groups is 1. The van der Waals surface area contributed by atoms with E-state index in [1.54, 1.807) is 7.05 Å². The molecule has 104 valence electrons. The second-order valence-electron chi connectivity index (χ2n) is 4.38. The zero-order valence-electron chi connectivity index (χ0n) is 11.5. The van der Waals surface area contributed by atoms with E-state index in [2.05, 4.69) is 11.8 Å². The van der Waals surface area contributed by atoms with E-state index in [9.17, 15) is 4.79 Å². The maximum Gasteiger partial charge on any atom is 0.276 e. The molecule has 0 N–H and O–H groups in total. The third-order valence-corrected chi connectivity index (χ3v) is 4.91. The number of thioether (sulfide) groups is 1. The second kappa shape index (κ2) is 5.96. The first-order valence-corrected chi connectivity index (χ1v) is 7.88. The summed E-state index contributed by atoms with van der Waals surface area (Å²) in [5, 5.41) is 1.82. The summed E-state index contributed by atoms with van der Waals surface area (Å²) in [7, 11) is 1.73. The molecule has 2 heterocycles. The van der Waals surface area contributed by atoms with Gasteiger partial charge in [-0.15, -0.1) is 11.8 Å². The lowest BCUT2D eigenvalue weighted by Crippen LogP contribution is -2.29. The molecule has 1 amide bonds. The molecule has 0 radical (unpaired) electrons. The molecule has 0 atom stereocenters. The van der Waals surface area contributed by atoms with E-state index in [1.807, 2.05) is 35.7 Å². The number of rotatable bonds is 3. The highest BCUT2D eigenvalue weighted by molar-refractivity contribution is 8.03. The summed E-state index contributed by atoms with van der Waals surface area (Å²) < 4.78 is 0. The fourth-order valence-corrected chi connectivity index (χ4v) is 3.60. The van der Waals surface area contributed by atoms with Gasteiger partial charge in [-0.3, -0.25) is 9.69 Å². The first kappa shape index (κ1) is 14.4. The summed E-state index contributed by atoms with van der Waals surface area (Å²) in [5.41, 5.74) is 0.672. The van der Waals surface area contributed by atoms with Crippen molar-refractivity contribution in [2.45, 2.75) is 13.8 Å². The van der Waals surface area contributed by atoms with Crippen LogP contribution >= 0.6 is 24.0 Å². The van der Waals surface area contributed by atoms with Gasteiger partial charge >= 0.3 is 0 Å². The third-order valence-electron chi connectivity index (χ3n) is 3.34. The number of nitrogens with zero attached hydrogens (tertiary/aromatic N) is 3. The van der Waals surface area contributed by atoms with Crippen molar-refractivity contribution in [3.05, 3.63) is 22.9 Å². The van der Waals surface area contributed by atoms with Crippen molar-refractivity contribution in [1.82, 2.24) is 14.7 Å². The van der Waals surface area contributed by atoms with Crippen LogP contribution in [0, 0.1) is 0 Å². The van der Waals surface area contributed by atoms with Gasteiger partial charge in [0.15, 0.2) is 5.11 Å². The van der Waals surface area contributed by atoms with Gasteiger partial charge in [0.1, 0.15) is 5.70 Å². The van der Waals surface area contributed by atoms with Crippen molar-refractivity contribution in [1.29, 1.82) is 0 Å². The lowest BCUT2D eigenvalue weighted by Gasteiger charge is -2.16. The lowest BCUT2D eigenvalue weighted by atomic mass is 10.3. The SMILES string of the molecule is CCN1CCS/C1=C\C=C1/C(=O)N(C)C(=S)N1CC. The first-order valence-electron chi connectivity index (χ1n) is 6.49. The van der Waals surface area contributed by atoms with Crippen LogP contribution in [-0.4, -0.2) is 58.2 Å². The van der Waals surface area contributed by atoms with Gasteiger partial charge in [0.2, 0.25) is 0 Å². The summed E-state index contributed by atoms with van der Waals surface area (Å²) in [4.78, 5) is 17.8. The van der Waals surface area contributed by atoms with Crippen LogP contribution in [0.15, 0.2) is 22.9 Å². The Kier molecular flexibility index (Phi) is 4.52. The monoisotopic (exact) mass is 297 g/mol. The molecule has 0 unspecified atom stereocenters. The topological polar surface area (TPSA) is 26.8 Å². The molecule has 6 heteroatoms. The second-order valence-corrected chi connectivity index (χ2v) is 5.86. The smallest absolute Gasteiger partial charge is 0.276 e. The van der Waals surface area contributed by atoms with Gasteiger partial charge in [-0.1, -0.05) is 0 Å². The van der Waals surface area contributed by atoms with E-state index in [0.717, 1.165) is 18.8 Å². The van der Waals surface area contributed by atoms with Crippen molar-refractivity contribution in [3.8, 4) is 0 Å². The van der Waals surface area contributed by atoms with Crippen molar-refractivity contribution in [2.75, 3.05) is 32.4 Å². The van der Waals surface area contributed by atoms with Crippen LogP contribution in [-0.2, 0) is 4.79 Å². The molecule has 2 saturated heterocycles. The molecule has 2 aliphatic heterocycles. The average Bonchev–Trinajstić information content (AvgIpc) is 2.95. The van der Waals surface area contributed by atoms with Gasteiger partial charge in [-0.25, -0.2) is 0 Å². The van der Waals surface area contributed by atoms with Gasteiger partial charge in [0.05, 0.1) is 5.03 Å². The van der Waals surface area contributed by atoms with E-state index >= 15 is 0 Å². The molecule has 2 fully saturated rings. The minimum atomic E-state index is -0.0188. The minimum absolute atomic E-state index is 0.0188. The van der Waals surface area contributed by atoms with E-state index < -0.39 is 0 Å². The van der Waals surface area contributed by atoms with Crippen LogP contribution in [0.1, 0.15) is 13.8 Å². The summed E-state index contributed by atoms with van der Waals surface area (Å²) in [6.07, 6.45) is 3.94. The van der Waals surface area contributed by atoms with Gasteiger partial charge in [-0.05, 0) is 38.2 Å². The Labute approximate surface area is 124 Å². The molecule has 2 rings (SSSR count). The molecule has 0 aromatic heterocycles. The van der Waals surface area contributed by atoms with Gasteiger partial charge < -0.3 is 9.80 Å². The van der Waals surface area contributed by atoms with Crippen molar-refractivity contribution >= 4 is 35.0 Å². The van der Waals surface area contributed by atoms with Crippen molar-refractivity contribution < 1.29 is 4.79 Å². The molecule has 19 heavy (non-hydrogen) atoms. The Hall–Kier alpha value is -1.01. The maximum absolute atomic E-state index is 12.1. The van der Waals surface area contributed by atoms with Crippen molar-refractivity contribution in [3.63, 3.8) is 0 Å². The van der Waals surface area contributed by atoms with Crippen LogP contribution in [0.25, 0.3) is 0 Å². The van der Waals surface area contributed by atoms with E-state index in [0.29, 0.717) is 17.4 Å². The van der Waals surface area contributed by atoms with E-state index in [4.69, 9.17) is 12.2 Å². The summed E-state index contributed by atoms with van der Waals surface area (Å²) in [6.45, 7) is 6.96. The molecule has 2 aliphatic rings. The summed E-state index contributed by atoms with van der Waals surface area (Å²) >= 11 is 7.10. The van der Waals surface area contributed by atoms with Crippen LogP contribution < -0.4 is 0 Å². The molecule has 0 saturated carbocycles. The van der Waals surface area contributed by atoms with Gasteiger partial charge in [0, 0.05) is 32.4 Å². The first-order chi connectivity index (χ1) is 9.10. The fraction of sp³-hybridized carbons (Fsp3) is 0.538. The molecule has 0 aromatic carbocycles. The Morgan fingerprint density at radius 1 is 1.32 bits per heavy atom. The third kappa shape index (κ3) is 2.65. The molecule has 0 spiro atoms. The number of carbonyl (C=O) groups is 1. The Balaban J connectivity index is 2.25. The minimum Gasteiger partial charge on any atom is -0.366 e. The Bertz CT molecular complexity index is 459. The quantitative estimate of drug-likeness (QED) is 0.585. The van der Waals surface area contributed by atoms with E-state index in [1.165, 1.54) is 9.93 Å². The highest BCUT2D eigenvalue weighted by atomic mass is 32.2. The number of hydrogen-bond donors (Lipinski definition) is 0. The number of likely N-dealkylation sites (N-methyl/N-ethyl adjacent to an activating group) is 2. The number of carbonyl (C=O) groups excluding carboxylic acids is 1. The van der Waals surface area contributed by atoms with Crippen molar-refractivity contribution in [2.24, 2.45) is 0 Å². The van der Waals surface area contributed by atoms with Crippen LogP contribution in [0.5, 0.6) is 0 Å². The molecule has 4 nitrogen and oxygen atoms in total.